The second-order valence-corrected chi connectivity index (χ2v) is 4.74. The summed E-state index contributed by atoms with van der Waals surface area (Å²) in [6.45, 7) is 7.34. The van der Waals surface area contributed by atoms with Gasteiger partial charge in [-0.2, -0.15) is 0 Å². The number of benzene rings is 1. The van der Waals surface area contributed by atoms with Gasteiger partial charge in [-0.1, -0.05) is 18.2 Å². The minimum absolute atomic E-state index is 0.477. The van der Waals surface area contributed by atoms with Gasteiger partial charge in [-0.05, 0) is 19.9 Å². The molecule has 4 nitrogen and oxygen atoms in total. The molecule has 0 amide bonds. The fourth-order valence-electron chi connectivity index (χ4n) is 2.13. The van der Waals surface area contributed by atoms with Gasteiger partial charge in [0.2, 0.25) is 0 Å². The van der Waals surface area contributed by atoms with Crippen molar-refractivity contribution in [1.29, 1.82) is 0 Å². The fourth-order valence-corrected chi connectivity index (χ4v) is 2.13. The standard InChI is InChI=1S/C13H20N2O2/c1-13(2,17-14)11-5-3-4-6-12(11)15-7-9-16-10-8-15/h3-6H,7-10,14H2,1-2H3. The predicted octanol–water partition coefficient (Wildman–Crippen LogP) is 1.65. The molecule has 0 aromatic heterocycles. The molecular formula is C13H20N2O2. The van der Waals surface area contributed by atoms with Crippen molar-refractivity contribution in [3.05, 3.63) is 29.8 Å². The zero-order chi connectivity index (χ0) is 12.3. The largest absolute Gasteiger partial charge is 0.378 e. The van der Waals surface area contributed by atoms with Crippen molar-refractivity contribution in [3.63, 3.8) is 0 Å². The van der Waals surface area contributed by atoms with Crippen LogP contribution in [0.1, 0.15) is 19.4 Å². The van der Waals surface area contributed by atoms with Crippen LogP contribution in [-0.4, -0.2) is 26.3 Å². The van der Waals surface area contributed by atoms with E-state index in [2.05, 4.69) is 17.0 Å². The van der Waals surface area contributed by atoms with Gasteiger partial charge in [-0.15, -0.1) is 0 Å². The summed E-state index contributed by atoms with van der Waals surface area (Å²) < 4.78 is 5.38. The first-order chi connectivity index (χ1) is 8.15. The summed E-state index contributed by atoms with van der Waals surface area (Å²) in [4.78, 5) is 7.42. The lowest BCUT2D eigenvalue weighted by atomic mass is 9.95. The summed E-state index contributed by atoms with van der Waals surface area (Å²) in [6, 6.07) is 8.24. The summed E-state index contributed by atoms with van der Waals surface area (Å²) in [5.74, 6) is 5.39. The van der Waals surface area contributed by atoms with Crippen molar-refractivity contribution in [2.24, 2.45) is 5.90 Å². The molecule has 0 radical (unpaired) electrons. The zero-order valence-corrected chi connectivity index (χ0v) is 10.5. The number of anilines is 1. The lowest BCUT2D eigenvalue weighted by Crippen LogP contribution is -2.38. The molecule has 0 aliphatic carbocycles. The monoisotopic (exact) mass is 236 g/mol. The molecule has 0 bridgehead atoms. The van der Waals surface area contributed by atoms with Crippen LogP contribution < -0.4 is 10.8 Å². The van der Waals surface area contributed by atoms with Crippen LogP contribution in [-0.2, 0) is 15.2 Å². The van der Waals surface area contributed by atoms with Crippen molar-refractivity contribution in [1.82, 2.24) is 0 Å². The average Bonchev–Trinajstić information content (AvgIpc) is 2.40. The maximum Gasteiger partial charge on any atom is 0.111 e. The van der Waals surface area contributed by atoms with Crippen LogP contribution in [0.2, 0.25) is 0 Å². The van der Waals surface area contributed by atoms with Gasteiger partial charge < -0.3 is 9.64 Å². The number of hydrogen-bond donors (Lipinski definition) is 1. The van der Waals surface area contributed by atoms with Crippen LogP contribution in [0.5, 0.6) is 0 Å². The van der Waals surface area contributed by atoms with Crippen molar-refractivity contribution in [2.45, 2.75) is 19.4 Å². The summed E-state index contributed by atoms with van der Waals surface area (Å²) in [5.41, 5.74) is 1.82. The third kappa shape index (κ3) is 2.60. The van der Waals surface area contributed by atoms with Gasteiger partial charge in [0.15, 0.2) is 0 Å². The van der Waals surface area contributed by atoms with E-state index in [9.17, 15) is 0 Å². The number of morpholine rings is 1. The van der Waals surface area contributed by atoms with Gasteiger partial charge in [-0.3, -0.25) is 4.84 Å². The van der Waals surface area contributed by atoms with E-state index in [0.29, 0.717) is 0 Å². The fraction of sp³-hybridized carbons (Fsp3) is 0.538. The minimum atomic E-state index is -0.477. The maximum absolute atomic E-state index is 5.39. The Bertz CT molecular complexity index is 373. The number of hydrogen-bond acceptors (Lipinski definition) is 4. The van der Waals surface area contributed by atoms with Gasteiger partial charge >= 0.3 is 0 Å². The molecule has 2 N–H and O–H groups in total. The molecule has 1 fully saturated rings. The van der Waals surface area contributed by atoms with Gasteiger partial charge in [0.1, 0.15) is 5.60 Å². The summed E-state index contributed by atoms with van der Waals surface area (Å²) in [5, 5.41) is 0. The van der Waals surface area contributed by atoms with Crippen LogP contribution in [0.4, 0.5) is 5.69 Å². The van der Waals surface area contributed by atoms with Gasteiger partial charge in [0.05, 0.1) is 13.2 Å². The smallest absolute Gasteiger partial charge is 0.111 e. The van der Waals surface area contributed by atoms with E-state index >= 15 is 0 Å². The molecule has 1 aromatic rings. The summed E-state index contributed by atoms with van der Waals surface area (Å²) in [6.07, 6.45) is 0. The molecular weight excluding hydrogens is 216 g/mol. The Balaban J connectivity index is 2.33. The highest BCUT2D eigenvalue weighted by atomic mass is 16.6. The summed E-state index contributed by atoms with van der Waals surface area (Å²) >= 11 is 0. The molecule has 0 unspecified atom stereocenters. The first-order valence-electron chi connectivity index (χ1n) is 5.95. The normalized spacial score (nSPS) is 17.2. The van der Waals surface area contributed by atoms with Crippen molar-refractivity contribution >= 4 is 5.69 Å². The molecule has 1 aliphatic rings. The maximum atomic E-state index is 5.39. The molecule has 1 saturated heterocycles. The molecule has 0 saturated carbocycles. The second-order valence-electron chi connectivity index (χ2n) is 4.74. The van der Waals surface area contributed by atoms with Gasteiger partial charge in [-0.25, -0.2) is 5.90 Å². The molecule has 4 heteroatoms. The van der Waals surface area contributed by atoms with Gasteiger partial charge in [0, 0.05) is 24.3 Å². The molecule has 0 atom stereocenters. The second kappa shape index (κ2) is 5.04. The Morgan fingerprint density at radius 3 is 2.53 bits per heavy atom. The van der Waals surface area contributed by atoms with Crippen molar-refractivity contribution in [3.8, 4) is 0 Å². The third-order valence-electron chi connectivity index (χ3n) is 3.20. The first-order valence-corrected chi connectivity index (χ1v) is 5.95. The van der Waals surface area contributed by atoms with E-state index < -0.39 is 5.60 Å². The number of para-hydroxylation sites is 1. The molecule has 1 heterocycles. The van der Waals surface area contributed by atoms with Crippen LogP contribution in [0.25, 0.3) is 0 Å². The topological polar surface area (TPSA) is 47.7 Å². The van der Waals surface area contributed by atoms with E-state index in [1.807, 2.05) is 26.0 Å². The quantitative estimate of drug-likeness (QED) is 0.811. The lowest BCUT2D eigenvalue weighted by Gasteiger charge is -2.34. The highest BCUT2D eigenvalue weighted by Crippen LogP contribution is 2.32. The van der Waals surface area contributed by atoms with E-state index in [1.54, 1.807) is 0 Å². The van der Waals surface area contributed by atoms with Crippen molar-refractivity contribution in [2.75, 3.05) is 31.2 Å². The first kappa shape index (κ1) is 12.4. The highest BCUT2D eigenvalue weighted by Gasteiger charge is 2.26. The molecule has 2 rings (SSSR count). The molecule has 1 aromatic carbocycles. The predicted molar refractivity (Wildman–Crippen MR) is 67.8 cm³/mol. The van der Waals surface area contributed by atoms with Crippen LogP contribution in [0.3, 0.4) is 0 Å². The molecule has 0 spiro atoms. The molecule has 17 heavy (non-hydrogen) atoms. The highest BCUT2D eigenvalue weighted by molar-refractivity contribution is 5.56. The van der Waals surface area contributed by atoms with E-state index in [4.69, 9.17) is 15.5 Å². The number of ether oxygens (including phenoxy) is 1. The summed E-state index contributed by atoms with van der Waals surface area (Å²) in [7, 11) is 0. The number of nitrogens with zero attached hydrogens (tertiary/aromatic N) is 1. The third-order valence-corrected chi connectivity index (χ3v) is 3.20. The SMILES string of the molecule is CC(C)(ON)c1ccccc1N1CCOCC1. The van der Waals surface area contributed by atoms with Crippen molar-refractivity contribution < 1.29 is 9.57 Å². The molecule has 1 aliphatic heterocycles. The van der Waals surface area contributed by atoms with Crippen LogP contribution >= 0.6 is 0 Å². The zero-order valence-electron chi connectivity index (χ0n) is 10.5. The Hall–Kier alpha value is -1.10. The Labute approximate surface area is 102 Å². The van der Waals surface area contributed by atoms with Gasteiger partial charge in [0.25, 0.3) is 0 Å². The Morgan fingerprint density at radius 1 is 1.24 bits per heavy atom. The van der Waals surface area contributed by atoms with E-state index in [-0.39, 0.29) is 0 Å². The average molecular weight is 236 g/mol. The Kier molecular flexibility index (Phi) is 3.66. The number of rotatable bonds is 3. The lowest BCUT2D eigenvalue weighted by molar-refractivity contribution is -0.0234. The minimum Gasteiger partial charge on any atom is -0.378 e. The van der Waals surface area contributed by atoms with Crippen LogP contribution in [0.15, 0.2) is 24.3 Å². The molecule has 94 valence electrons. The van der Waals surface area contributed by atoms with E-state index in [0.717, 1.165) is 31.9 Å². The van der Waals surface area contributed by atoms with E-state index in [1.165, 1.54) is 5.69 Å². The number of nitrogens with two attached hydrogens (primary N) is 1. The van der Waals surface area contributed by atoms with Crippen LogP contribution in [0, 0.1) is 0 Å². The Morgan fingerprint density at radius 2 is 1.88 bits per heavy atom.